The molecule has 1 amide bonds. The van der Waals surface area contributed by atoms with Crippen molar-refractivity contribution in [1.29, 1.82) is 0 Å². The van der Waals surface area contributed by atoms with Gasteiger partial charge in [0.15, 0.2) is 10.9 Å². The number of carbonyl (C=O) groups is 1. The Labute approximate surface area is 152 Å². The normalized spacial score (nSPS) is 11.8. The maximum atomic E-state index is 12.9. The molecule has 3 aromatic rings. The maximum Gasteiger partial charge on any atom is 0.278 e. The van der Waals surface area contributed by atoms with Gasteiger partial charge in [0.1, 0.15) is 5.82 Å². The van der Waals surface area contributed by atoms with Crippen molar-refractivity contribution in [2.45, 2.75) is 17.3 Å². The van der Waals surface area contributed by atoms with E-state index < -0.39 is 5.25 Å². The highest BCUT2D eigenvalue weighted by molar-refractivity contribution is 8.00. The molecule has 6 nitrogen and oxygen atoms in total. The number of amides is 1. The van der Waals surface area contributed by atoms with E-state index >= 15 is 0 Å². The smallest absolute Gasteiger partial charge is 0.278 e. The van der Waals surface area contributed by atoms with Crippen LogP contribution in [0.5, 0.6) is 0 Å². The van der Waals surface area contributed by atoms with Gasteiger partial charge in [-0.05, 0) is 31.2 Å². The van der Waals surface area contributed by atoms with E-state index in [0.29, 0.717) is 11.3 Å². The van der Waals surface area contributed by atoms with E-state index in [-0.39, 0.29) is 28.1 Å². The predicted octanol–water partition coefficient (Wildman–Crippen LogP) is 3.09. The Hall–Kier alpha value is -3.00. The highest BCUT2D eigenvalue weighted by Gasteiger charge is 2.17. The first-order valence-corrected chi connectivity index (χ1v) is 8.66. The lowest BCUT2D eigenvalue weighted by Crippen LogP contribution is -2.23. The average Bonchev–Trinajstić information content (AvgIpc) is 2.64. The predicted molar refractivity (Wildman–Crippen MR) is 98.4 cm³/mol. The molecule has 0 radical (unpaired) electrons. The summed E-state index contributed by atoms with van der Waals surface area (Å²) in [7, 11) is 0. The second kappa shape index (κ2) is 7.92. The lowest BCUT2D eigenvalue weighted by molar-refractivity contribution is -0.115. The summed E-state index contributed by atoms with van der Waals surface area (Å²) in [5.74, 6) is -0.673. The van der Waals surface area contributed by atoms with Crippen LogP contribution in [-0.4, -0.2) is 26.3 Å². The first kappa shape index (κ1) is 17.8. The summed E-state index contributed by atoms with van der Waals surface area (Å²) in [6.07, 6.45) is 0. The zero-order valence-corrected chi connectivity index (χ0v) is 14.6. The molecule has 1 unspecified atom stereocenters. The average molecular weight is 370 g/mol. The molecule has 0 bridgehead atoms. The lowest BCUT2D eigenvalue weighted by atomic mass is 10.2. The minimum Gasteiger partial charge on any atom is -0.325 e. The standard InChI is InChI=1S/C18H15FN4O2S/c1-11(16(24)20-14-9-7-13(19)8-10-14)26-18-21-17(25)15(22-23-18)12-5-3-2-4-6-12/h2-11H,1H3,(H,20,24)(H,21,23,25). The third-order valence-corrected chi connectivity index (χ3v) is 4.47. The number of thioether (sulfide) groups is 1. The third kappa shape index (κ3) is 4.34. The molecule has 0 saturated heterocycles. The Balaban J connectivity index is 1.68. The number of nitrogens with zero attached hydrogens (tertiary/aromatic N) is 2. The van der Waals surface area contributed by atoms with Crippen molar-refractivity contribution < 1.29 is 9.18 Å². The SMILES string of the molecule is CC(Sc1nnc(-c2ccccc2)c(=O)[nH]1)C(=O)Nc1ccc(F)cc1. The van der Waals surface area contributed by atoms with Crippen LogP contribution in [0, 0.1) is 5.82 Å². The quantitative estimate of drug-likeness (QED) is 0.674. The Morgan fingerprint density at radius 1 is 1.12 bits per heavy atom. The summed E-state index contributed by atoms with van der Waals surface area (Å²) in [6.45, 7) is 1.68. The number of hydrogen-bond acceptors (Lipinski definition) is 5. The number of aromatic nitrogens is 3. The van der Waals surface area contributed by atoms with E-state index in [0.717, 1.165) is 11.8 Å². The summed E-state index contributed by atoms with van der Waals surface area (Å²) in [5.41, 5.74) is 1.00. The Morgan fingerprint density at radius 2 is 1.81 bits per heavy atom. The van der Waals surface area contributed by atoms with Crippen LogP contribution >= 0.6 is 11.8 Å². The highest BCUT2D eigenvalue weighted by atomic mass is 32.2. The first-order valence-electron chi connectivity index (χ1n) is 7.78. The number of anilines is 1. The van der Waals surface area contributed by atoms with Crippen LogP contribution in [0.15, 0.2) is 64.5 Å². The molecule has 26 heavy (non-hydrogen) atoms. The summed E-state index contributed by atoms with van der Waals surface area (Å²) in [5, 5.41) is 10.3. The Morgan fingerprint density at radius 3 is 2.46 bits per heavy atom. The van der Waals surface area contributed by atoms with E-state index in [9.17, 15) is 14.0 Å². The van der Waals surface area contributed by atoms with Crippen LogP contribution in [-0.2, 0) is 4.79 Å². The molecule has 1 heterocycles. The zero-order valence-electron chi connectivity index (χ0n) is 13.8. The van der Waals surface area contributed by atoms with Gasteiger partial charge in [-0.1, -0.05) is 42.1 Å². The molecular formula is C18H15FN4O2S. The van der Waals surface area contributed by atoms with E-state index in [2.05, 4.69) is 20.5 Å². The van der Waals surface area contributed by atoms with Gasteiger partial charge in [-0.2, -0.15) is 0 Å². The van der Waals surface area contributed by atoms with Crippen molar-refractivity contribution in [2.75, 3.05) is 5.32 Å². The summed E-state index contributed by atoms with van der Waals surface area (Å²) in [4.78, 5) is 27.1. The van der Waals surface area contributed by atoms with Crippen LogP contribution < -0.4 is 10.9 Å². The molecule has 2 aromatic carbocycles. The molecule has 0 aliphatic rings. The number of rotatable bonds is 5. The van der Waals surface area contributed by atoms with Crippen molar-refractivity contribution in [3.8, 4) is 11.3 Å². The number of carbonyl (C=O) groups excluding carboxylic acids is 1. The number of hydrogen-bond donors (Lipinski definition) is 2. The molecule has 1 atom stereocenters. The topological polar surface area (TPSA) is 87.7 Å². The van der Waals surface area contributed by atoms with Gasteiger partial charge in [0.25, 0.3) is 5.56 Å². The van der Waals surface area contributed by atoms with Crippen molar-refractivity contribution in [3.63, 3.8) is 0 Å². The minimum atomic E-state index is -0.535. The second-order valence-corrected chi connectivity index (χ2v) is 6.76. The van der Waals surface area contributed by atoms with Gasteiger partial charge in [0.05, 0.1) is 5.25 Å². The van der Waals surface area contributed by atoms with Crippen molar-refractivity contribution in [2.24, 2.45) is 0 Å². The molecule has 132 valence electrons. The number of halogens is 1. The van der Waals surface area contributed by atoms with Crippen LogP contribution in [0.3, 0.4) is 0 Å². The number of nitrogens with one attached hydrogen (secondary N) is 2. The number of aromatic amines is 1. The fourth-order valence-electron chi connectivity index (χ4n) is 2.16. The molecule has 0 spiro atoms. The van der Waals surface area contributed by atoms with Gasteiger partial charge < -0.3 is 5.32 Å². The molecular weight excluding hydrogens is 355 g/mol. The van der Waals surface area contributed by atoms with Gasteiger partial charge in [0.2, 0.25) is 5.91 Å². The van der Waals surface area contributed by atoms with E-state index in [1.165, 1.54) is 24.3 Å². The van der Waals surface area contributed by atoms with Crippen LogP contribution in [0.4, 0.5) is 10.1 Å². The van der Waals surface area contributed by atoms with Gasteiger partial charge in [-0.25, -0.2) is 4.39 Å². The minimum absolute atomic E-state index is 0.221. The highest BCUT2D eigenvalue weighted by Crippen LogP contribution is 2.20. The van der Waals surface area contributed by atoms with Gasteiger partial charge in [-0.15, -0.1) is 10.2 Å². The molecule has 0 aliphatic heterocycles. The van der Waals surface area contributed by atoms with E-state index in [1.54, 1.807) is 31.2 Å². The van der Waals surface area contributed by atoms with Crippen molar-refractivity contribution in [1.82, 2.24) is 15.2 Å². The Kier molecular flexibility index (Phi) is 5.43. The molecule has 3 rings (SSSR count). The number of H-pyrrole nitrogens is 1. The monoisotopic (exact) mass is 370 g/mol. The molecule has 1 aromatic heterocycles. The third-order valence-electron chi connectivity index (χ3n) is 3.49. The molecule has 8 heteroatoms. The second-order valence-electron chi connectivity index (χ2n) is 5.43. The Bertz CT molecular complexity index is 961. The van der Waals surface area contributed by atoms with Crippen LogP contribution in [0.2, 0.25) is 0 Å². The summed E-state index contributed by atoms with van der Waals surface area (Å²) >= 11 is 1.08. The maximum absolute atomic E-state index is 12.9. The van der Waals surface area contributed by atoms with Gasteiger partial charge in [-0.3, -0.25) is 14.6 Å². The fourth-order valence-corrected chi connectivity index (χ4v) is 2.90. The van der Waals surface area contributed by atoms with Gasteiger partial charge in [0, 0.05) is 11.3 Å². The largest absolute Gasteiger partial charge is 0.325 e. The summed E-state index contributed by atoms with van der Waals surface area (Å²) in [6, 6.07) is 14.5. The molecule has 2 N–H and O–H groups in total. The van der Waals surface area contributed by atoms with E-state index in [1.807, 2.05) is 6.07 Å². The molecule has 0 fully saturated rings. The van der Waals surface area contributed by atoms with E-state index in [4.69, 9.17) is 0 Å². The zero-order chi connectivity index (χ0) is 18.5. The van der Waals surface area contributed by atoms with Gasteiger partial charge >= 0.3 is 0 Å². The lowest BCUT2D eigenvalue weighted by Gasteiger charge is -2.11. The van der Waals surface area contributed by atoms with Crippen LogP contribution in [0.1, 0.15) is 6.92 Å². The van der Waals surface area contributed by atoms with Crippen molar-refractivity contribution >= 4 is 23.4 Å². The van der Waals surface area contributed by atoms with Crippen LogP contribution in [0.25, 0.3) is 11.3 Å². The fraction of sp³-hybridized carbons (Fsp3) is 0.111. The summed E-state index contributed by atoms with van der Waals surface area (Å²) < 4.78 is 12.9. The molecule has 0 aliphatic carbocycles. The molecule has 0 saturated carbocycles. The first-order chi connectivity index (χ1) is 12.5. The van der Waals surface area contributed by atoms with Crippen molar-refractivity contribution in [3.05, 3.63) is 70.8 Å². The number of benzene rings is 2.